The van der Waals surface area contributed by atoms with E-state index in [2.05, 4.69) is 21.1 Å². The van der Waals surface area contributed by atoms with Crippen LogP contribution < -0.4 is 4.90 Å². The minimum absolute atomic E-state index is 0.187. The average Bonchev–Trinajstić information content (AvgIpc) is 3.18. The molecule has 1 saturated heterocycles. The second-order valence-electron chi connectivity index (χ2n) is 6.57. The van der Waals surface area contributed by atoms with Crippen LogP contribution in [0.3, 0.4) is 0 Å². The maximum absolute atomic E-state index is 12.9. The molecule has 0 radical (unpaired) electrons. The summed E-state index contributed by atoms with van der Waals surface area (Å²) in [7, 11) is 0. The zero-order chi connectivity index (χ0) is 19.0. The van der Waals surface area contributed by atoms with Crippen molar-refractivity contribution in [2.75, 3.05) is 18.0 Å². The van der Waals surface area contributed by atoms with Crippen LogP contribution in [0.4, 0.5) is 18.9 Å². The predicted molar refractivity (Wildman–Crippen MR) is 94.2 cm³/mol. The predicted octanol–water partition coefficient (Wildman–Crippen LogP) is 4.16. The highest BCUT2D eigenvalue weighted by atomic mass is 19.4. The standard InChI is InChI=1S/C19H16F3N5/c20-19(21,22)17-7-9-27(25-17)14-4-3-8-26(12-14)18-13(10-23)11-24-16-6-2-1-5-15(16)18/h1-2,5-7,9,11,14H,3-4,8,12H2. The molecule has 8 heteroatoms. The molecule has 1 aromatic carbocycles. The highest BCUT2D eigenvalue weighted by molar-refractivity contribution is 5.94. The number of alkyl halides is 3. The first-order valence-electron chi connectivity index (χ1n) is 8.62. The van der Waals surface area contributed by atoms with Crippen molar-refractivity contribution in [3.05, 3.63) is 54.0 Å². The smallest absolute Gasteiger partial charge is 0.368 e. The first-order valence-corrected chi connectivity index (χ1v) is 8.62. The van der Waals surface area contributed by atoms with Crippen molar-refractivity contribution in [1.82, 2.24) is 14.8 Å². The summed E-state index contributed by atoms with van der Waals surface area (Å²) in [4.78, 5) is 6.38. The van der Waals surface area contributed by atoms with Gasteiger partial charge in [-0.05, 0) is 25.0 Å². The number of rotatable bonds is 2. The largest absolute Gasteiger partial charge is 0.435 e. The van der Waals surface area contributed by atoms with Crippen LogP contribution in [-0.2, 0) is 6.18 Å². The van der Waals surface area contributed by atoms with E-state index in [0.717, 1.165) is 42.0 Å². The Hall–Kier alpha value is -3.08. The summed E-state index contributed by atoms with van der Waals surface area (Å²) in [6, 6.07) is 10.6. The van der Waals surface area contributed by atoms with Gasteiger partial charge in [0.15, 0.2) is 5.69 Å². The fourth-order valence-electron chi connectivity index (χ4n) is 3.62. The number of nitrogens with zero attached hydrogens (tertiary/aromatic N) is 5. The Morgan fingerprint density at radius 3 is 2.74 bits per heavy atom. The van der Waals surface area contributed by atoms with Gasteiger partial charge in [-0.2, -0.15) is 23.5 Å². The third kappa shape index (κ3) is 3.21. The number of hydrogen-bond acceptors (Lipinski definition) is 4. The van der Waals surface area contributed by atoms with Gasteiger partial charge in [0.1, 0.15) is 6.07 Å². The molecule has 2 aromatic heterocycles. The molecule has 1 aliphatic heterocycles. The Bertz CT molecular complexity index is 1020. The number of aromatic nitrogens is 3. The minimum Gasteiger partial charge on any atom is -0.368 e. The second-order valence-corrected chi connectivity index (χ2v) is 6.57. The summed E-state index contributed by atoms with van der Waals surface area (Å²) < 4.78 is 40.0. The van der Waals surface area contributed by atoms with Crippen LogP contribution in [0.1, 0.15) is 30.1 Å². The van der Waals surface area contributed by atoms with Gasteiger partial charge >= 0.3 is 6.18 Å². The molecular weight excluding hydrogens is 355 g/mol. The quantitative estimate of drug-likeness (QED) is 0.679. The Balaban J connectivity index is 1.69. The van der Waals surface area contributed by atoms with E-state index in [1.807, 2.05) is 24.3 Å². The Kier molecular flexibility index (Phi) is 4.22. The number of anilines is 1. The van der Waals surface area contributed by atoms with Gasteiger partial charge in [0, 0.05) is 30.9 Å². The van der Waals surface area contributed by atoms with Gasteiger partial charge in [0.2, 0.25) is 0 Å². The monoisotopic (exact) mass is 371 g/mol. The lowest BCUT2D eigenvalue weighted by atomic mass is 10.0. The zero-order valence-electron chi connectivity index (χ0n) is 14.3. The van der Waals surface area contributed by atoms with Crippen molar-refractivity contribution in [2.45, 2.75) is 25.1 Å². The van der Waals surface area contributed by atoms with E-state index in [9.17, 15) is 18.4 Å². The van der Waals surface area contributed by atoms with Crippen LogP contribution in [0.25, 0.3) is 10.9 Å². The van der Waals surface area contributed by atoms with Gasteiger partial charge in [-0.3, -0.25) is 9.67 Å². The number of pyridine rings is 1. The molecule has 27 heavy (non-hydrogen) atoms. The lowest BCUT2D eigenvalue weighted by Crippen LogP contribution is -2.37. The number of para-hydroxylation sites is 1. The minimum atomic E-state index is -4.45. The topological polar surface area (TPSA) is 57.7 Å². The molecular formula is C19H16F3N5. The Labute approximate surface area is 153 Å². The van der Waals surface area contributed by atoms with Gasteiger partial charge in [-0.25, -0.2) is 0 Å². The number of fused-ring (bicyclic) bond motifs is 1. The lowest BCUT2D eigenvalue weighted by Gasteiger charge is -2.35. The average molecular weight is 371 g/mol. The van der Waals surface area contributed by atoms with Gasteiger partial charge < -0.3 is 4.90 Å². The van der Waals surface area contributed by atoms with Crippen LogP contribution in [-0.4, -0.2) is 27.9 Å². The van der Waals surface area contributed by atoms with Gasteiger partial charge in [0.05, 0.1) is 22.8 Å². The highest BCUT2D eigenvalue weighted by Gasteiger charge is 2.34. The third-order valence-corrected chi connectivity index (χ3v) is 4.85. The molecule has 1 unspecified atom stereocenters. The maximum atomic E-state index is 12.9. The summed E-state index contributed by atoms with van der Waals surface area (Å²) >= 11 is 0. The summed E-state index contributed by atoms with van der Waals surface area (Å²) in [5.74, 6) is 0. The van der Waals surface area contributed by atoms with Crippen molar-refractivity contribution in [3.8, 4) is 6.07 Å². The first-order chi connectivity index (χ1) is 13.0. The van der Waals surface area contributed by atoms with E-state index < -0.39 is 11.9 Å². The van der Waals surface area contributed by atoms with Gasteiger partial charge in [-0.15, -0.1) is 0 Å². The van der Waals surface area contributed by atoms with E-state index in [1.165, 1.54) is 10.9 Å². The van der Waals surface area contributed by atoms with Crippen molar-refractivity contribution in [2.24, 2.45) is 0 Å². The number of hydrogen-bond donors (Lipinski definition) is 0. The van der Waals surface area contributed by atoms with E-state index in [1.54, 1.807) is 6.20 Å². The van der Waals surface area contributed by atoms with Crippen LogP contribution in [0, 0.1) is 11.3 Å². The van der Waals surface area contributed by atoms with Crippen LogP contribution >= 0.6 is 0 Å². The molecule has 0 N–H and O–H groups in total. The number of benzene rings is 1. The highest BCUT2D eigenvalue weighted by Crippen LogP contribution is 2.34. The van der Waals surface area contributed by atoms with E-state index in [0.29, 0.717) is 12.1 Å². The number of nitriles is 1. The molecule has 5 nitrogen and oxygen atoms in total. The van der Waals surface area contributed by atoms with Crippen LogP contribution in [0.15, 0.2) is 42.7 Å². The first kappa shape index (κ1) is 17.3. The van der Waals surface area contributed by atoms with Crippen molar-refractivity contribution >= 4 is 16.6 Å². The summed E-state index contributed by atoms with van der Waals surface area (Å²) in [5.41, 5.74) is 1.15. The summed E-state index contributed by atoms with van der Waals surface area (Å²) in [6.45, 7) is 1.22. The molecule has 3 heterocycles. The summed E-state index contributed by atoms with van der Waals surface area (Å²) in [5, 5.41) is 14.1. The molecule has 1 aliphatic rings. The van der Waals surface area contributed by atoms with Gasteiger partial charge in [0.25, 0.3) is 0 Å². The molecule has 0 spiro atoms. The molecule has 138 valence electrons. The molecule has 3 aromatic rings. The normalized spacial score (nSPS) is 17.9. The fraction of sp³-hybridized carbons (Fsp3) is 0.316. The van der Waals surface area contributed by atoms with E-state index >= 15 is 0 Å². The van der Waals surface area contributed by atoms with E-state index in [-0.39, 0.29) is 6.04 Å². The van der Waals surface area contributed by atoms with Crippen LogP contribution in [0.2, 0.25) is 0 Å². The lowest BCUT2D eigenvalue weighted by molar-refractivity contribution is -0.141. The number of halogens is 3. The second kappa shape index (κ2) is 6.58. The van der Waals surface area contributed by atoms with E-state index in [4.69, 9.17) is 0 Å². The molecule has 0 aliphatic carbocycles. The maximum Gasteiger partial charge on any atom is 0.435 e. The zero-order valence-corrected chi connectivity index (χ0v) is 14.3. The third-order valence-electron chi connectivity index (χ3n) is 4.85. The molecule has 0 saturated carbocycles. The molecule has 0 amide bonds. The van der Waals surface area contributed by atoms with Crippen LogP contribution in [0.5, 0.6) is 0 Å². The van der Waals surface area contributed by atoms with Gasteiger partial charge in [-0.1, -0.05) is 18.2 Å². The van der Waals surface area contributed by atoms with Crippen molar-refractivity contribution in [1.29, 1.82) is 5.26 Å². The summed E-state index contributed by atoms with van der Waals surface area (Å²) in [6.07, 6.45) is 0.0203. The molecule has 1 atom stereocenters. The molecule has 1 fully saturated rings. The Morgan fingerprint density at radius 2 is 2.00 bits per heavy atom. The SMILES string of the molecule is N#Cc1cnc2ccccc2c1N1CCCC(n2ccc(C(F)(F)F)n2)C1. The molecule has 4 rings (SSSR count). The van der Waals surface area contributed by atoms with Crippen molar-refractivity contribution in [3.63, 3.8) is 0 Å². The van der Waals surface area contributed by atoms with Crippen molar-refractivity contribution < 1.29 is 13.2 Å². The number of piperidine rings is 1. The Morgan fingerprint density at radius 1 is 1.19 bits per heavy atom. The fourth-order valence-corrected chi connectivity index (χ4v) is 3.62. The molecule has 0 bridgehead atoms.